The van der Waals surface area contributed by atoms with E-state index in [0.29, 0.717) is 28.2 Å². The molecule has 0 unspecified atom stereocenters. The first-order chi connectivity index (χ1) is 10.8. The van der Waals surface area contributed by atoms with Gasteiger partial charge in [0.2, 0.25) is 0 Å². The molecule has 23 heavy (non-hydrogen) atoms. The summed E-state index contributed by atoms with van der Waals surface area (Å²) in [5.74, 6) is 0. The molecular weight excluding hydrogens is 306 g/mol. The average Bonchev–Trinajstić information content (AvgIpc) is 2.55. The van der Waals surface area contributed by atoms with Crippen molar-refractivity contribution in [1.82, 2.24) is 0 Å². The number of hydrogen-bond donors (Lipinski definition) is 3. The lowest BCUT2D eigenvalue weighted by Crippen LogP contribution is -2.18. The second-order valence-electron chi connectivity index (χ2n) is 4.45. The van der Waals surface area contributed by atoms with E-state index in [1.807, 2.05) is 0 Å². The van der Waals surface area contributed by atoms with Crippen LogP contribution >= 0.6 is 0 Å². The van der Waals surface area contributed by atoms with Gasteiger partial charge in [0, 0.05) is 0 Å². The Kier molecular flexibility index (Phi) is 6.19. The lowest BCUT2D eigenvalue weighted by Gasteiger charge is -2.19. The zero-order valence-electron chi connectivity index (χ0n) is 13.5. The molecule has 3 amide bonds. The molecule has 1 aromatic carbocycles. The zero-order valence-corrected chi connectivity index (χ0v) is 13.5. The lowest BCUT2D eigenvalue weighted by atomic mass is 10.0. The minimum Gasteiger partial charge on any atom is -0.453 e. The van der Waals surface area contributed by atoms with Crippen molar-refractivity contribution in [3.8, 4) is 0 Å². The molecule has 9 heteroatoms. The number of rotatable bonds is 3. The van der Waals surface area contributed by atoms with E-state index in [1.54, 1.807) is 13.8 Å². The Balaban J connectivity index is 3.37. The molecule has 0 saturated carbocycles. The van der Waals surface area contributed by atoms with E-state index in [9.17, 15) is 14.4 Å². The van der Waals surface area contributed by atoms with Crippen molar-refractivity contribution >= 4 is 35.3 Å². The van der Waals surface area contributed by atoms with E-state index in [0.717, 1.165) is 0 Å². The van der Waals surface area contributed by atoms with Gasteiger partial charge in [-0.3, -0.25) is 16.0 Å². The number of nitrogens with one attached hydrogen (secondary N) is 3. The highest BCUT2D eigenvalue weighted by Crippen LogP contribution is 2.34. The maximum absolute atomic E-state index is 11.5. The van der Waals surface area contributed by atoms with Crippen molar-refractivity contribution in [2.45, 2.75) is 13.8 Å². The third-order valence-corrected chi connectivity index (χ3v) is 3.10. The number of hydrogen-bond acceptors (Lipinski definition) is 6. The number of methoxy groups -OCH3 is 3. The molecule has 0 heterocycles. The molecule has 0 aromatic heterocycles. The zero-order chi connectivity index (χ0) is 17.6. The summed E-state index contributed by atoms with van der Waals surface area (Å²) in [7, 11) is 3.67. The number of anilines is 3. The maximum Gasteiger partial charge on any atom is 0.411 e. The van der Waals surface area contributed by atoms with Gasteiger partial charge in [-0.1, -0.05) is 0 Å². The molecule has 0 bridgehead atoms. The van der Waals surface area contributed by atoms with Crippen LogP contribution in [0.25, 0.3) is 0 Å². The fourth-order valence-corrected chi connectivity index (χ4v) is 1.83. The third kappa shape index (κ3) is 4.50. The highest BCUT2D eigenvalue weighted by atomic mass is 16.5. The van der Waals surface area contributed by atoms with Crippen molar-refractivity contribution in [1.29, 1.82) is 0 Å². The topological polar surface area (TPSA) is 115 Å². The first-order valence-electron chi connectivity index (χ1n) is 6.53. The highest BCUT2D eigenvalue weighted by Gasteiger charge is 2.18. The molecule has 1 rings (SSSR count). The molecule has 1 aromatic rings. The van der Waals surface area contributed by atoms with Crippen LogP contribution in [0.2, 0.25) is 0 Å². The molecule has 0 aliphatic carbocycles. The molecule has 9 nitrogen and oxygen atoms in total. The fraction of sp³-hybridized carbons (Fsp3) is 0.357. The van der Waals surface area contributed by atoms with Gasteiger partial charge in [0.1, 0.15) is 0 Å². The van der Waals surface area contributed by atoms with E-state index in [-0.39, 0.29) is 0 Å². The molecule has 0 spiro atoms. The van der Waals surface area contributed by atoms with Crippen LogP contribution in [0.15, 0.2) is 6.07 Å². The molecule has 0 fully saturated rings. The number of carbonyl (C=O) groups is 3. The summed E-state index contributed by atoms with van der Waals surface area (Å²) in [4.78, 5) is 34.4. The number of carbonyl (C=O) groups excluding carboxylic acids is 3. The third-order valence-electron chi connectivity index (χ3n) is 3.10. The first-order valence-corrected chi connectivity index (χ1v) is 6.53. The second-order valence-corrected chi connectivity index (χ2v) is 4.45. The van der Waals surface area contributed by atoms with Gasteiger partial charge in [-0.05, 0) is 31.0 Å². The maximum atomic E-state index is 11.5. The van der Waals surface area contributed by atoms with Crippen molar-refractivity contribution in [2.75, 3.05) is 37.3 Å². The van der Waals surface area contributed by atoms with E-state index >= 15 is 0 Å². The largest absolute Gasteiger partial charge is 0.453 e. The summed E-state index contributed by atoms with van der Waals surface area (Å²) < 4.78 is 13.7. The predicted molar refractivity (Wildman–Crippen MR) is 84.0 cm³/mol. The van der Waals surface area contributed by atoms with E-state index in [4.69, 9.17) is 0 Å². The van der Waals surface area contributed by atoms with Gasteiger partial charge in [-0.2, -0.15) is 0 Å². The predicted octanol–water partition coefficient (Wildman–Crippen LogP) is 2.84. The van der Waals surface area contributed by atoms with Gasteiger partial charge in [-0.25, -0.2) is 14.4 Å². The van der Waals surface area contributed by atoms with Crippen LogP contribution in [0.5, 0.6) is 0 Å². The van der Waals surface area contributed by atoms with Crippen molar-refractivity contribution < 1.29 is 28.6 Å². The summed E-state index contributed by atoms with van der Waals surface area (Å²) >= 11 is 0. The molecule has 0 radical (unpaired) electrons. The van der Waals surface area contributed by atoms with E-state index in [2.05, 4.69) is 30.2 Å². The van der Waals surface area contributed by atoms with E-state index in [1.165, 1.54) is 27.4 Å². The van der Waals surface area contributed by atoms with Gasteiger partial charge in [-0.15, -0.1) is 0 Å². The van der Waals surface area contributed by atoms with E-state index < -0.39 is 18.3 Å². The van der Waals surface area contributed by atoms with Crippen molar-refractivity contribution in [3.63, 3.8) is 0 Å². The minimum absolute atomic E-state index is 0.347. The average molecular weight is 325 g/mol. The summed E-state index contributed by atoms with van der Waals surface area (Å²) in [6.07, 6.45) is -2.06. The fourth-order valence-electron chi connectivity index (χ4n) is 1.83. The molecule has 0 aliphatic rings. The molecule has 0 atom stereocenters. The van der Waals surface area contributed by atoms with Gasteiger partial charge >= 0.3 is 18.3 Å². The number of amides is 3. The smallest absolute Gasteiger partial charge is 0.411 e. The normalized spacial score (nSPS) is 9.61. The highest BCUT2D eigenvalue weighted by molar-refractivity contribution is 5.97. The monoisotopic (exact) mass is 325 g/mol. The SMILES string of the molecule is COC(=O)Nc1cc(NC(=O)OC)c(C)c(NC(=O)OC)c1C. The van der Waals surface area contributed by atoms with Gasteiger partial charge in [0.05, 0.1) is 38.4 Å². The second kappa shape index (κ2) is 7.87. The molecule has 126 valence electrons. The first kappa shape index (κ1) is 18.1. The van der Waals surface area contributed by atoms with Crippen LogP contribution in [0.3, 0.4) is 0 Å². The van der Waals surface area contributed by atoms with Crippen LogP contribution < -0.4 is 16.0 Å². The minimum atomic E-state index is -0.690. The summed E-state index contributed by atoms with van der Waals surface area (Å²) in [5, 5.41) is 7.56. The summed E-state index contributed by atoms with van der Waals surface area (Å²) in [5.41, 5.74) is 2.21. The molecular formula is C14H19N3O6. The molecule has 0 aliphatic heterocycles. The van der Waals surface area contributed by atoms with Crippen molar-refractivity contribution in [2.24, 2.45) is 0 Å². The Hall–Kier alpha value is -2.97. The Bertz CT molecular complexity index is 587. The Morgan fingerprint density at radius 2 is 1.09 bits per heavy atom. The molecule has 3 N–H and O–H groups in total. The van der Waals surface area contributed by atoms with Gasteiger partial charge in [0.25, 0.3) is 0 Å². The Morgan fingerprint density at radius 3 is 1.43 bits per heavy atom. The quantitative estimate of drug-likeness (QED) is 0.736. The standard InChI is InChI=1S/C14H19N3O6/c1-7-9(15-12(18)21-3)6-10(16-13(19)22-4)8(2)11(7)17-14(20)23-5/h6H,1-5H3,(H,15,18)(H,16,19)(H,17,20). The number of ether oxygens (including phenoxy) is 3. The Labute approximate surface area is 133 Å². The van der Waals surface area contributed by atoms with Gasteiger partial charge < -0.3 is 14.2 Å². The number of benzene rings is 1. The Morgan fingerprint density at radius 1 is 0.739 bits per heavy atom. The lowest BCUT2D eigenvalue weighted by molar-refractivity contribution is 0.186. The van der Waals surface area contributed by atoms with Crippen LogP contribution in [0.4, 0.5) is 31.4 Å². The van der Waals surface area contributed by atoms with Crippen LogP contribution in [-0.2, 0) is 14.2 Å². The van der Waals surface area contributed by atoms with Crippen molar-refractivity contribution in [3.05, 3.63) is 17.2 Å². The summed E-state index contributed by atoms with van der Waals surface area (Å²) in [6, 6.07) is 1.53. The van der Waals surface area contributed by atoms with Crippen LogP contribution in [0, 0.1) is 13.8 Å². The van der Waals surface area contributed by atoms with Gasteiger partial charge in [0.15, 0.2) is 0 Å². The van der Waals surface area contributed by atoms with Crippen LogP contribution in [0.1, 0.15) is 11.1 Å². The van der Waals surface area contributed by atoms with Crippen LogP contribution in [-0.4, -0.2) is 39.6 Å². The summed E-state index contributed by atoms with van der Waals surface area (Å²) in [6.45, 7) is 3.37. The molecule has 0 saturated heterocycles.